The Morgan fingerprint density at radius 3 is 2.44 bits per heavy atom. The third-order valence-corrected chi connectivity index (χ3v) is 3.86. The van der Waals surface area contributed by atoms with Crippen LogP contribution >= 0.6 is 0 Å². The Kier molecular flexibility index (Phi) is 5.66. The number of nitrogens with one attached hydrogen (secondary N) is 1. The summed E-state index contributed by atoms with van der Waals surface area (Å²) in [6.45, 7) is 5.54. The van der Waals surface area contributed by atoms with Gasteiger partial charge in [-0.2, -0.15) is 0 Å². The van der Waals surface area contributed by atoms with Crippen molar-refractivity contribution < 1.29 is 24.2 Å². The van der Waals surface area contributed by atoms with Gasteiger partial charge in [0.15, 0.2) is 0 Å². The Bertz CT molecular complexity index is 639. The second-order valence-electron chi connectivity index (χ2n) is 7.02. The number of nitrogens with zero attached hydrogens (tertiary/aromatic N) is 1. The lowest BCUT2D eigenvalue weighted by Crippen LogP contribution is -2.48. The molecule has 2 atom stereocenters. The summed E-state index contributed by atoms with van der Waals surface area (Å²) in [5, 5.41) is 11.9. The smallest absolute Gasteiger partial charge is 0.408 e. The Hall–Kier alpha value is -2.57. The van der Waals surface area contributed by atoms with Crippen molar-refractivity contribution >= 4 is 18.0 Å². The van der Waals surface area contributed by atoms with Crippen LogP contribution in [0.2, 0.25) is 0 Å². The highest BCUT2D eigenvalue weighted by molar-refractivity contribution is 5.90. The first kappa shape index (κ1) is 18.8. The second kappa shape index (κ2) is 7.55. The first-order valence-corrected chi connectivity index (χ1v) is 8.27. The van der Waals surface area contributed by atoms with Crippen LogP contribution < -0.4 is 5.32 Å². The van der Waals surface area contributed by atoms with Gasteiger partial charge in [0, 0.05) is 6.54 Å². The Labute approximate surface area is 147 Å². The molecule has 2 rings (SSSR count). The van der Waals surface area contributed by atoms with Crippen LogP contribution in [-0.2, 0) is 14.3 Å². The SMILES string of the molecule is CC(C)(C)OC(=O)NC(C(=O)N1CCCC1C(=O)O)c1ccccc1. The van der Waals surface area contributed by atoms with E-state index in [4.69, 9.17) is 4.74 Å². The molecule has 0 spiro atoms. The highest BCUT2D eigenvalue weighted by atomic mass is 16.6. The summed E-state index contributed by atoms with van der Waals surface area (Å²) in [6, 6.07) is 6.89. The molecule has 1 aliphatic heterocycles. The third kappa shape index (κ3) is 4.95. The summed E-state index contributed by atoms with van der Waals surface area (Å²) >= 11 is 0. The van der Waals surface area contributed by atoms with E-state index in [9.17, 15) is 19.5 Å². The molecule has 0 bridgehead atoms. The molecular weight excluding hydrogens is 324 g/mol. The summed E-state index contributed by atoms with van der Waals surface area (Å²) in [7, 11) is 0. The average Bonchev–Trinajstić information content (AvgIpc) is 3.01. The standard InChI is InChI=1S/C18H24N2O5/c1-18(2,3)25-17(24)19-14(12-8-5-4-6-9-12)15(21)20-11-7-10-13(20)16(22)23/h4-6,8-9,13-14H,7,10-11H2,1-3H3,(H,19,24)(H,22,23). The van der Waals surface area contributed by atoms with E-state index < -0.39 is 35.7 Å². The zero-order chi connectivity index (χ0) is 18.6. The molecule has 2 N–H and O–H groups in total. The number of likely N-dealkylation sites (tertiary alicyclic amines) is 1. The van der Waals surface area contributed by atoms with Gasteiger partial charge in [-0.3, -0.25) is 4.79 Å². The second-order valence-corrected chi connectivity index (χ2v) is 7.02. The number of carbonyl (C=O) groups is 3. The largest absolute Gasteiger partial charge is 0.480 e. The van der Waals surface area contributed by atoms with Crippen LogP contribution in [0.15, 0.2) is 30.3 Å². The summed E-state index contributed by atoms with van der Waals surface area (Å²) < 4.78 is 5.24. The van der Waals surface area contributed by atoms with Crippen LogP contribution in [-0.4, -0.2) is 46.2 Å². The Morgan fingerprint density at radius 1 is 1.24 bits per heavy atom. The van der Waals surface area contributed by atoms with Crippen molar-refractivity contribution in [1.82, 2.24) is 10.2 Å². The van der Waals surface area contributed by atoms with Gasteiger partial charge in [0.2, 0.25) is 0 Å². The highest BCUT2D eigenvalue weighted by Crippen LogP contribution is 2.24. The number of aliphatic carboxylic acids is 1. The lowest BCUT2D eigenvalue weighted by molar-refractivity contribution is -0.149. The fourth-order valence-electron chi connectivity index (χ4n) is 2.81. The highest BCUT2D eigenvalue weighted by Gasteiger charge is 2.38. The number of alkyl carbamates (subject to hydrolysis) is 1. The number of carboxylic acid groups (broad SMARTS) is 1. The van der Waals surface area contributed by atoms with E-state index in [0.717, 1.165) is 0 Å². The van der Waals surface area contributed by atoms with Crippen LogP contribution in [0.3, 0.4) is 0 Å². The zero-order valence-corrected chi connectivity index (χ0v) is 14.7. The van der Waals surface area contributed by atoms with Crippen molar-refractivity contribution in [1.29, 1.82) is 0 Å². The number of benzene rings is 1. The van der Waals surface area contributed by atoms with E-state index >= 15 is 0 Å². The van der Waals surface area contributed by atoms with E-state index in [1.807, 2.05) is 0 Å². The van der Waals surface area contributed by atoms with E-state index in [1.54, 1.807) is 51.1 Å². The van der Waals surface area contributed by atoms with Crippen molar-refractivity contribution in [3.05, 3.63) is 35.9 Å². The Morgan fingerprint density at radius 2 is 1.88 bits per heavy atom. The molecule has 1 aliphatic rings. The maximum Gasteiger partial charge on any atom is 0.408 e. The van der Waals surface area contributed by atoms with E-state index in [-0.39, 0.29) is 0 Å². The van der Waals surface area contributed by atoms with Crippen LogP contribution in [0.25, 0.3) is 0 Å². The van der Waals surface area contributed by atoms with Crippen molar-refractivity contribution in [3.8, 4) is 0 Å². The summed E-state index contributed by atoms with van der Waals surface area (Å²) in [5.41, 5.74) is -0.125. The van der Waals surface area contributed by atoms with Gasteiger partial charge in [0.05, 0.1) is 0 Å². The van der Waals surface area contributed by atoms with Gasteiger partial charge >= 0.3 is 12.1 Å². The summed E-state index contributed by atoms with van der Waals surface area (Å²) in [4.78, 5) is 37.8. The number of carboxylic acids is 1. The maximum atomic E-state index is 13.0. The monoisotopic (exact) mass is 348 g/mol. The summed E-state index contributed by atoms with van der Waals surface area (Å²) in [5.74, 6) is -1.48. The number of amides is 2. The molecule has 7 heteroatoms. The number of rotatable bonds is 4. The van der Waals surface area contributed by atoms with Crippen LogP contribution in [0.1, 0.15) is 45.2 Å². The lowest BCUT2D eigenvalue weighted by Gasteiger charge is -2.28. The fraction of sp³-hybridized carbons (Fsp3) is 0.500. The molecule has 0 radical (unpaired) electrons. The maximum absolute atomic E-state index is 13.0. The molecule has 136 valence electrons. The van der Waals surface area contributed by atoms with Crippen molar-refractivity contribution in [2.75, 3.05) is 6.54 Å². The molecule has 0 aliphatic carbocycles. The van der Waals surface area contributed by atoms with E-state index in [2.05, 4.69) is 5.32 Å². The molecule has 7 nitrogen and oxygen atoms in total. The normalized spacial score (nSPS) is 18.5. The van der Waals surface area contributed by atoms with Crippen LogP contribution in [0.5, 0.6) is 0 Å². The molecule has 1 aromatic rings. The zero-order valence-electron chi connectivity index (χ0n) is 14.7. The van der Waals surface area contributed by atoms with Gasteiger partial charge < -0.3 is 20.1 Å². The molecule has 2 amide bonds. The molecule has 2 unspecified atom stereocenters. The minimum Gasteiger partial charge on any atom is -0.480 e. The molecule has 1 fully saturated rings. The van der Waals surface area contributed by atoms with Gasteiger partial charge in [-0.25, -0.2) is 9.59 Å². The van der Waals surface area contributed by atoms with Crippen molar-refractivity contribution in [3.63, 3.8) is 0 Å². The Balaban J connectivity index is 2.24. The predicted molar refractivity (Wildman–Crippen MR) is 90.9 cm³/mol. The van der Waals surface area contributed by atoms with Crippen LogP contribution in [0.4, 0.5) is 4.79 Å². The van der Waals surface area contributed by atoms with Gasteiger partial charge in [-0.15, -0.1) is 0 Å². The van der Waals surface area contributed by atoms with E-state index in [0.29, 0.717) is 24.9 Å². The molecular formula is C18H24N2O5. The predicted octanol–water partition coefficient (Wildman–Crippen LogP) is 2.33. The molecule has 0 aromatic heterocycles. The lowest BCUT2D eigenvalue weighted by atomic mass is 10.1. The summed E-state index contributed by atoms with van der Waals surface area (Å²) in [6.07, 6.45) is 0.312. The van der Waals surface area contributed by atoms with Crippen molar-refractivity contribution in [2.45, 2.75) is 51.3 Å². The van der Waals surface area contributed by atoms with Gasteiger partial charge in [-0.1, -0.05) is 30.3 Å². The molecule has 0 saturated carbocycles. The van der Waals surface area contributed by atoms with Gasteiger partial charge in [0.25, 0.3) is 5.91 Å². The number of carbonyl (C=O) groups excluding carboxylic acids is 2. The molecule has 1 saturated heterocycles. The van der Waals surface area contributed by atoms with Crippen molar-refractivity contribution in [2.24, 2.45) is 0 Å². The van der Waals surface area contributed by atoms with E-state index in [1.165, 1.54) is 4.90 Å². The molecule has 1 aromatic carbocycles. The first-order valence-electron chi connectivity index (χ1n) is 8.27. The minimum atomic E-state index is -1.03. The minimum absolute atomic E-state index is 0.356. The quantitative estimate of drug-likeness (QED) is 0.870. The number of hydrogen-bond donors (Lipinski definition) is 2. The molecule has 1 heterocycles. The number of ether oxygens (including phenoxy) is 1. The first-order chi connectivity index (χ1) is 11.7. The third-order valence-electron chi connectivity index (χ3n) is 3.86. The fourth-order valence-corrected chi connectivity index (χ4v) is 2.81. The average molecular weight is 348 g/mol. The molecule has 25 heavy (non-hydrogen) atoms. The van der Waals surface area contributed by atoms with Crippen LogP contribution in [0, 0.1) is 0 Å². The van der Waals surface area contributed by atoms with Gasteiger partial charge in [-0.05, 0) is 39.2 Å². The van der Waals surface area contributed by atoms with Gasteiger partial charge in [0.1, 0.15) is 17.7 Å². The number of hydrogen-bond acceptors (Lipinski definition) is 4. The topological polar surface area (TPSA) is 95.9 Å².